The van der Waals surface area contributed by atoms with Crippen LogP contribution in [0.4, 0.5) is 0 Å². The van der Waals surface area contributed by atoms with Crippen LogP contribution >= 0.6 is 23.2 Å². The number of carbonyl (C=O) groups excluding carboxylic acids is 3. The first kappa shape index (κ1) is 37.7. The minimum absolute atomic E-state index is 0.00275. The first-order valence-corrected chi connectivity index (χ1v) is 18.9. The number of methoxy groups -OCH3 is 1. The molecule has 52 heavy (non-hydrogen) atoms. The summed E-state index contributed by atoms with van der Waals surface area (Å²) in [6, 6.07) is 19.3. The van der Waals surface area contributed by atoms with Gasteiger partial charge in [0.2, 0.25) is 5.91 Å². The number of benzene rings is 3. The molecular weight excluding hydrogens is 701 g/mol. The van der Waals surface area contributed by atoms with Crippen LogP contribution in [0, 0.1) is 13.8 Å². The molecule has 0 spiro atoms. The summed E-state index contributed by atoms with van der Waals surface area (Å²) in [5.41, 5.74) is 5.91. The third-order valence-electron chi connectivity index (χ3n) is 10.2. The van der Waals surface area contributed by atoms with Crippen molar-refractivity contribution in [3.63, 3.8) is 0 Å². The molecule has 3 aromatic carbocycles. The van der Waals surface area contributed by atoms with Crippen LogP contribution in [0.15, 0.2) is 66.2 Å². The maximum Gasteiger partial charge on any atom is 0.305 e. The fraction of sp³-hybridized carbons (Fsp3) is 0.439. The molecule has 2 atom stereocenters. The Morgan fingerprint density at radius 1 is 0.904 bits per heavy atom. The second-order valence-electron chi connectivity index (χ2n) is 13.9. The maximum atomic E-state index is 14.7. The molecule has 2 fully saturated rings. The average Bonchev–Trinajstić information content (AvgIpc) is 3.98. The molecule has 0 unspecified atom stereocenters. The van der Waals surface area contributed by atoms with Gasteiger partial charge in [-0.15, -0.1) is 0 Å². The Labute approximate surface area is 316 Å². The van der Waals surface area contributed by atoms with Gasteiger partial charge in [0.15, 0.2) is 0 Å². The van der Waals surface area contributed by atoms with Gasteiger partial charge in [-0.2, -0.15) is 0 Å². The Balaban J connectivity index is 1.20. The number of halogens is 2. The molecule has 11 heteroatoms. The summed E-state index contributed by atoms with van der Waals surface area (Å²) in [7, 11) is 1.35. The van der Waals surface area contributed by atoms with Crippen molar-refractivity contribution in [2.24, 2.45) is 0 Å². The van der Waals surface area contributed by atoms with Crippen LogP contribution < -0.4 is 14.8 Å². The van der Waals surface area contributed by atoms with Crippen LogP contribution in [-0.2, 0) is 25.5 Å². The zero-order valence-corrected chi connectivity index (χ0v) is 31.6. The number of aryl methyl sites for hydroxylation is 2. The maximum absolute atomic E-state index is 14.7. The lowest BCUT2D eigenvalue weighted by Gasteiger charge is -2.45. The molecule has 2 amide bonds. The van der Waals surface area contributed by atoms with Crippen molar-refractivity contribution in [1.82, 2.24) is 15.1 Å². The van der Waals surface area contributed by atoms with Crippen LogP contribution in [0.5, 0.6) is 11.5 Å². The van der Waals surface area contributed by atoms with E-state index in [0.29, 0.717) is 79.2 Å². The van der Waals surface area contributed by atoms with Crippen LogP contribution in [0.3, 0.4) is 0 Å². The molecule has 1 N–H and O–H groups in total. The molecule has 0 radical (unpaired) electrons. The monoisotopic (exact) mass is 747 g/mol. The lowest BCUT2D eigenvalue weighted by molar-refractivity contribution is -0.141. The second kappa shape index (κ2) is 17.2. The van der Waals surface area contributed by atoms with Crippen LogP contribution in [0.25, 0.3) is 5.57 Å². The highest BCUT2D eigenvalue weighted by molar-refractivity contribution is 6.32. The Hall–Kier alpha value is -4.05. The standard InChI is InChI=1S/C41H47Cl2N3O6/c1-26-21-35(43)37(22-27(26)2)52-20-19-51-32-15-11-28(12-16-32)33-23-30-24-45(38(47)9-6-10-39(48)50-3)25-36(44-30)40(33)41(49)46(31-13-14-31)18-17-29-7-4-5-8-34(29)42/h4-5,7-8,11-12,15-16,21-22,30-31,36,44H,6,9-10,13-14,17-20,23-25H2,1-3H3/t30-,36-/m1/s1. The molecule has 1 saturated carbocycles. The predicted molar refractivity (Wildman–Crippen MR) is 203 cm³/mol. The largest absolute Gasteiger partial charge is 0.490 e. The lowest BCUT2D eigenvalue weighted by atomic mass is 9.82. The van der Waals surface area contributed by atoms with E-state index in [1.807, 2.05) is 84.3 Å². The number of fused-ring (bicyclic) bond motifs is 2. The van der Waals surface area contributed by atoms with Gasteiger partial charge >= 0.3 is 5.97 Å². The molecule has 2 aliphatic heterocycles. The van der Waals surface area contributed by atoms with Crippen molar-refractivity contribution in [1.29, 1.82) is 0 Å². The summed E-state index contributed by atoms with van der Waals surface area (Å²) >= 11 is 12.9. The van der Waals surface area contributed by atoms with E-state index in [4.69, 9.17) is 37.4 Å². The molecule has 3 aliphatic rings. The Kier molecular flexibility index (Phi) is 12.5. The van der Waals surface area contributed by atoms with Crippen molar-refractivity contribution < 1.29 is 28.6 Å². The highest BCUT2D eigenvalue weighted by atomic mass is 35.5. The van der Waals surface area contributed by atoms with Gasteiger partial charge < -0.3 is 29.3 Å². The summed E-state index contributed by atoms with van der Waals surface area (Å²) in [6.45, 7) is 6.19. The summed E-state index contributed by atoms with van der Waals surface area (Å²) in [6.07, 6.45) is 4.06. The molecule has 6 rings (SSSR count). The van der Waals surface area contributed by atoms with Gasteiger partial charge in [-0.1, -0.05) is 53.5 Å². The van der Waals surface area contributed by atoms with Crippen LogP contribution in [0.2, 0.25) is 10.0 Å². The Morgan fingerprint density at radius 2 is 1.63 bits per heavy atom. The topological polar surface area (TPSA) is 97.4 Å². The summed E-state index contributed by atoms with van der Waals surface area (Å²) in [4.78, 5) is 43.6. The predicted octanol–water partition coefficient (Wildman–Crippen LogP) is 6.97. The molecule has 276 valence electrons. The fourth-order valence-electron chi connectivity index (χ4n) is 7.08. The number of rotatable bonds is 15. The van der Waals surface area contributed by atoms with E-state index in [-0.39, 0.29) is 48.8 Å². The molecule has 9 nitrogen and oxygen atoms in total. The van der Waals surface area contributed by atoms with E-state index in [9.17, 15) is 14.4 Å². The van der Waals surface area contributed by atoms with Crippen molar-refractivity contribution in [3.05, 3.63) is 98.5 Å². The molecule has 2 heterocycles. The smallest absolute Gasteiger partial charge is 0.305 e. The molecule has 1 saturated heterocycles. The zero-order valence-electron chi connectivity index (χ0n) is 30.1. The number of ether oxygens (including phenoxy) is 3. The van der Waals surface area contributed by atoms with E-state index >= 15 is 0 Å². The fourth-order valence-corrected chi connectivity index (χ4v) is 7.58. The minimum Gasteiger partial charge on any atom is -0.490 e. The molecule has 0 aromatic heterocycles. The van der Waals surface area contributed by atoms with Gasteiger partial charge in [0.05, 0.1) is 18.2 Å². The number of esters is 1. The summed E-state index contributed by atoms with van der Waals surface area (Å²) in [5.74, 6) is 0.998. The number of hydrogen-bond donors (Lipinski definition) is 1. The van der Waals surface area contributed by atoms with E-state index in [2.05, 4.69) is 5.32 Å². The quantitative estimate of drug-likeness (QED) is 0.133. The summed E-state index contributed by atoms with van der Waals surface area (Å²) in [5, 5.41) is 4.95. The SMILES string of the molecule is COC(=O)CCCC(=O)N1C[C@H]2CC(c3ccc(OCCOc4cc(C)c(C)cc4Cl)cc3)=C(C(=O)N(CCc3ccccc3Cl)C3CC3)[C@@H](C1)N2. The molecular formula is C41H47Cl2N3O6. The van der Waals surface area contributed by atoms with E-state index in [1.165, 1.54) is 7.11 Å². The normalized spacial score (nSPS) is 18.2. The molecule has 2 bridgehead atoms. The first-order valence-electron chi connectivity index (χ1n) is 18.1. The zero-order chi connectivity index (χ0) is 36.8. The highest BCUT2D eigenvalue weighted by Crippen LogP contribution is 2.37. The molecule has 3 aromatic rings. The van der Waals surface area contributed by atoms with Gasteiger partial charge in [-0.25, -0.2) is 0 Å². The van der Waals surface area contributed by atoms with Gasteiger partial charge in [0.25, 0.3) is 5.91 Å². The lowest BCUT2D eigenvalue weighted by Crippen LogP contribution is -2.62. The number of piperazine rings is 1. The third kappa shape index (κ3) is 9.29. The van der Waals surface area contributed by atoms with Crippen molar-refractivity contribution in [2.45, 2.75) is 76.9 Å². The van der Waals surface area contributed by atoms with Crippen molar-refractivity contribution in [3.8, 4) is 11.5 Å². The van der Waals surface area contributed by atoms with Crippen LogP contribution in [-0.4, -0.2) is 85.7 Å². The number of hydrogen-bond acceptors (Lipinski definition) is 7. The molecule has 1 aliphatic carbocycles. The minimum atomic E-state index is -0.327. The average molecular weight is 749 g/mol. The Morgan fingerprint density at radius 3 is 2.37 bits per heavy atom. The number of carbonyl (C=O) groups is 3. The number of amides is 2. The van der Waals surface area contributed by atoms with Crippen molar-refractivity contribution in [2.75, 3.05) is 40.0 Å². The second-order valence-corrected chi connectivity index (χ2v) is 14.7. The first-order chi connectivity index (χ1) is 25.1. The van der Waals surface area contributed by atoms with E-state index in [0.717, 1.165) is 40.7 Å². The van der Waals surface area contributed by atoms with Gasteiger partial charge in [-0.3, -0.25) is 14.4 Å². The van der Waals surface area contributed by atoms with Gasteiger partial charge in [0, 0.05) is 55.2 Å². The third-order valence-corrected chi connectivity index (χ3v) is 10.8. The van der Waals surface area contributed by atoms with Crippen LogP contribution in [0.1, 0.15) is 60.8 Å². The van der Waals surface area contributed by atoms with Gasteiger partial charge in [-0.05, 0) is 104 Å². The number of nitrogens with zero attached hydrogens (tertiary/aromatic N) is 2. The van der Waals surface area contributed by atoms with Crippen molar-refractivity contribution >= 4 is 46.6 Å². The van der Waals surface area contributed by atoms with Gasteiger partial charge in [0.1, 0.15) is 24.7 Å². The number of nitrogens with one attached hydrogen (secondary N) is 1. The Bertz CT molecular complexity index is 1810. The van der Waals surface area contributed by atoms with E-state index in [1.54, 1.807) is 0 Å². The van der Waals surface area contributed by atoms with E-state index < -0.39 is 0 Å². The highest BCUT2D eigenvalue weighted by Gasteiger charge is 2.43. The summed E-state index contributed by atoms with van der Waals surface area (Å²) < 4.78 is 16.6.